The Morgan fingerprint density at radius 2 is 1.70 bits per heavy atom. The summed E-state index contributed by atoms with van der Waals surface area (Å²) in [7, 11) is 0. The van der Waals surface area contributed by atoms with Gasteiger partial charge in [0.05, 0.1) is 0 Å². The van der Waals surface area contributed by atoms with Crippen LogP contribution in [0, 0.1) is 6.42 Å². The molecular formula is C10H17. The van der Waals surface area contributed by atoms with E-state index in [2.05, 4.69) is 44.6 Å². The fraction of sp³-hybridized carbons (Fsp3) is 0.500. The summed E-state index contributed by atoms with van der Waals surface area (Å²) < 4.78 is 0. The van der Waals surface area contributed by atoms with E-state index in [4.69, 9.17) is 0 Å². The van der Waals surface area contributed by atoms with Crippen LogP contribution in [0.3, 0.4) is 0 Å². The average Bonchev–Trinajstić information content (AvgIpc) is 1.97. The first-order valence-corrected chi connectivity index (χ1v) is 4.06. The Kier molecular flexibility index (Phi) is 8.04. The SMILES string of the molecule is CCC=C[CH]C=CCCC. The van der Waals surface area contributed by atoms with Gasteiger partial charge in [-0.3, -0.25) is 0 Å². The van der Waals surface area contributed by atoms with Crippen LogP contribution in [0.4, 0.5) is 0 Å². The molecule has 0 aromatic rings. The zero-order valence-electron chi connectivity index (χ0n) is 7.01. The third kappa shape index (κ3) is 7.48. The zero-order valence-corrected chi connectivity index (χ0v) is 7.01. The van der Waals surface area contributed by atoms with Gasteiger partial charge in [-0.1, -0.05) is 44.6 Å². The molecule has 0 aromatic heterocycles. The smallest absolute Gasteiger partial charge is 0.00441 e. The van der Waals surface area contributed by atoms with Crippen molar-refractivity contribution in [2.24, 2.45) is 0 Å². The molecule has 0 amide bonds. The third-order valence-electron chi connectivity index (χ3n) is 1.19. The summed E-state index contributed by atoms with van der Waals surface area (Å²) >= 11 is 0. The summed E-state index contributed by atoms with van der Waals surface area (Å²) in [4.78, 5) is 0. The molecule has 0 spiro atoms. The highest BCUT2D eigenvalue weighted by Gasteiger charge is 1.72. The fourth-order valence-corrected chi connectivity index (χ4v) is 0.620. The van der Waals surface area contributed by atoms with Crippen molar-refractivity contribution >= 4 is 0 Å². The van der Waals surface area contributed by atoms with Gasteiger partial charge in [0.25, 0.3) is 0 Å². The first-order chi connectivity index (χ1) is 4.91. The number of allylic oxidation sites excluding steroid dienone is 4. The molecule has 0 heteroatoms. The van der Waals surface area contributed by atoms with Crippen molar-refractivity contribution < 1.29 is 0 Å². The van der Waals surface area contributed by atoms with E-state index >= 15 is 0 Å². The highest BCUT2D eigenvalue weighted by molar-refractivity contribution is 5.07. The normalized spacial score (nSPS) is 11.8. The molecule has 1 radical (unpaired) electrons. The van der Waals surface area contributed by atoms with Crippen LogP contribution in [0.1, 0.15) is 33.1 Å². The molecule has 0 atom stereocenters. The van der Waals surface area contributed by atoms with E-state index in [9.17, 15) is 0 Å². The maximum Gasteiger partial charge on any atom is 0.00441 e. The van der Waals surface area contributed by atoms with Crippen LogP contribution < -0.4 is 0 Å². The van der Waals surface area contributed by atoms with Crippen molar-refractivity contribution in [3.8, 4) is 0 Å². The van der Waals surface area contributed by atoms with Gasteiger partial charge in [-0.15, -0.1) is 0 Å². The van der Waals surface area contributed by atoms with Gasteiger partial charge in [-0.05, 0) is 12.8 Å². The lowest BCUT2D eigenvalue weighted by atomic mass is 10.2. The van der Waals surface area contributed by atoms with Crippen molar-refractivity contribution in [3.63, 3.8) is 0 Å². The lowest BCUT2D eigenvalue weighted by Crippen LogP contribution is -1.63. The van der Waals surface area contributed by atoms with E-state index in [1.807, 2.05) is 0 Å². The number of rotatable bonds is 5. The van der Waals surface area contributed by atoms with Gasteiger partial charge in [0.15, 0.2) is 0 Å². The highest BCUT2D eigenvalue weighted by Crippen LogP contribution is 1.91. The minimum atomic E-state index is 1.12. The maximum absolute atomic E-state index is 2.19. The van der Waals surface area contributed by atoms with E-state index in [1.54, 1.807) is 0 Å². The second kappa shape index (κ2) is 8.48. The number of unbranched alkanes of at least 4 members (excludes halogenated alkanes) is 1. The van der Waals surface area contributed by atoms with Crippen LogP contribution in [0.15, 0.2) is 24.3 Å². The Hall–Kier alpha value is -0.520. The summed E-state index contributed by atoms with van der Waals surface area (Å²) in [5.74, 6) is 0. The quantitative estimate of drug-likeness (QED) is 0.544. The monoisotopic (exact) mass is 137 g/mol. The fourth-order valence-electron chi connectivity index (χ4n) is 0.620. The standard InChI is InChI=1S/C10H17/c1-3-5-7-9-10-8-6-4-2/h5,7-10H,3-4,6H2,1-2H3. The Morgan fingerprint density at radius 1 is 1.00 bits per heavy atom. The number of hydrogen-bond donors (Lipinski definition) is 0. The Morgan fingerprint density at radius 3 is 2.30 bits per heavy atom. The van der Waals surface area contributed by atoms with Crippen molar-refractivity contribution in [2.45, 2.75) is 33.1 Å². The van der Waals surface area contributed by atoms with E-state index in [1.165, 1.54) is 12.8 Å². The van der Waals surface area contributed by atoms with Crippen molar-refractivity contribution in [2.75, 3.05) is 0 Å². The minimum absolute atomic E-state index is 1.12. The summed E-state index contributed by atoms with van der Waals surface area (Å²) in [6.07, 6.45) is 14.2. The molecule has 0 aliphatic heterocycles. The second-order valence-electron chi connectivity index (χ2n) is 2.25. The van der Waals surface area contributed by atoms with Crippen molar-refractivity contribution in [3.05, 3.63) is 30.7 Å². The topological polar surface area (TPSA) is 0 Å². The Bertz CT molecular complexity index is 98.6. The van der Waals surface area contributed by atoms with Crippen LogP contribution in [-0.2, 0) is 0 Å². The van der Waals surface area contributed by atoms with Crippen LogP contribution in [0.5, 0.6) is 0 Å². The second-order valence-corrected chi connectivity index (χ2v) is 2.25. The molecule has 0 aromatic carbocycles. The van der Waals surface area contributed by atoms with Gasteiger partial charge in [-0.25, -0.2) is 0 Å². The zero-order chi connectivity index (χ0) is 7.66. The first-order valence-electron chi connectivity index (χ1n) is 4.06. The molecule has 0 N–H and O–H groups in total. The lowest BCUT2D eigenvalue weighted by Gasteiger charge is -1.82. The summed E-state index contributed by atoms with van der Waals surface area (Å²) in [5.41, 5.74) is 0. The molecule has 0 aliphatic rings. The van der Waals surface area contributed by atoms with Gasteiger partial charge in [0.1, 0.15) is 0 Å². The van der Waals surface area contributed by atoms with Crippen LogP contribution in [-0.4, -0.2) is 0 Å². The van der Waals surface area contributed by atoms with E-state index in [0.717, 1.165) is 6.42 Å². The van der Waals surface area contributed by atoms with Gasteiger partial charge >= 0.3 is 0 Å². The van der Waals surface area contributed by atoms with Crippen LogP contribution >= 0.6 is 0 Å². The molecule has 0 unspecified atom stereocenters. The molecule has 0 aliphatic carbocycles. The van der Waals surface area contributed by atoms with Crippen LogP contribution in [0.25, 0.3) is 0 Å². The molecule has 0 fully saturated rings. The summed E-state index contributed by atoms with van der Waals surface area (Å²) in [6.45, 7) is 4.33. The minimum Gasteiger partial charge on any atom is -0.0882 e. The average molecular weight is 137 g/mol. The van der Waals surface area contributed by atoms with Crippen molar-refractivity contribution in [1.29, 1.82) is 0 Å². The molecular weight excluding hydrogens is 120 g/mol. The first kappa shape index (κ1) is 9.48. The van der Waals surface area contributed by atoms with Crippen LogP contribution in [0.2, 0.25) is 0 Å². The predicted octanol–water partition coefficient (Wildman–Crippen LogP) is 3.51. The largest absolute Gasteiger partial charge is 0.0882 e. The molecule has 57 valence electrons. The van der Waals surface area contributed by atoms with Gasteiger partial charge in [0.2, 0.25) is 0 Å². The molecule has 0 heterocycles. The summed E-state index contributed by atoms with van der Waals surface area (Å²) in [5, 5.41) is 0. The Balaban J connectivity index is 3.09. The molecule has 0 nitrogen and oxygen atoms in total. The van der Waals surface area contributed by atoms with Crippen molar-refractivity contribution in [1.82, 2.24) is 0 Å². The summed E-state index contributed by atoms with van der Waals surface area (Å²) in [6, 6.07) is 0. The molecule has 10 heavy (non-hydrogen) atoms. The molecule has 0 saturated carbocycles. The molecule has 0 saturated heterocycles. The van der Waals surface area contributed by atoms with E-state index in [0.29, 0.717) is 0 Å². The third-order valence-corrected chi connectivity index (χ3v) is 1.19. The van der Waals surface area contributed by atoms with Gasteiger partial charge in [0, 0.05) is 6.42 Å². The Labute approximate surface area is 64.6 Å². The molecule has 0 bridgehead atoms. The van der Waals surface area contributed by atoms with E-state index in [-0.39, 0.29) is 0 Å². The lowest BCUT2D eigenvalue weighted by molar-refractivity contribution is 0.958. The molecule has 0 rings (SSSR count). The number of hydrogen-bond acceptors (Lipinski definition) is 0. The maximum atomic E-state index is 2.19. The van der Waals surface area contributed by atoms with E-state index < -0.39 is 0 Å². The van der Waals surface area contributed by atoms with Gasteiger partial charge < -0.3 is 0 Å². The predicted molar refractivity (Wildman–Crippen MR) is 47.8 cm³/mol. The van der Waals surface area contributed by atoms with Gasteiger partial charge in [-0.2, -0.15) is 0 Å². The highest BCUT2D eigenvalue weighted by atomic mass is 13.8.